The van der Waals surface area contributed by atoms with E-state index in [-0.39, 0.29) is 11.9 Å². The molecule has 0 spiro atoms. The summed E-state index contributed by atoms with van der Waals surface area (Å²) in [6.45, 7) is 3.90. The van der Waals surface area contributed by atoms with E-state index < -0.39 is 0 Å². The Balaban J connectivity index is 1.99. The number of hydrogen-bond donors (Lipinski definition) is 0. The van der Waals surface area contributed by atoms with Gasteiger partial charge in [-0.1, -0.05) is 12.1 Å². The number of imidazole rings is 1. The van der Waals surface area contributed by atoms with Crippen molar-refractivity contribution >= 4 is 0 Å². The van der Waals surface area contributed by atoms with Crippen molar-refractivity contribution in [2.75, 3.05) is 12.1 Å². The van der Waals surface area contributed by atoms with Gasteiger partial charge < -0.3 is 5.01 Å². The highest BCUT2D eigenvalue weighted by molar-refractivity contribution is 5.30. The lowest BCUT2D eigenvalue weighted by Crippen LogP contribution is -2.39. The summed E-state index contributed by atoms with van der Waals surface area (Å²) in [6.07, 6.45) is 3.79. The predicted molar refractivity (Wildman–Crippen MR) is 73.3 cm³/mol. The minimum atomic E-state index is -0.114. The van der Waals surface area contributed by atoms with Gasteiger partial charge in [0.2, 0.25) is 0 Å². The molecule has 0 bridgehead atoms. The van der Waals surface area contributed by atoms with Gasteiger partial charge in [0.15, 0.2) is 0 Å². The van der Waals surface area contributed by atoms with Crippen molar-refractivity contribution in [2.45, 2.75) is 32.7 Å². The minimum Gasteiger partial charge on any atom is -0.307 e. The molecule has 2 heterocycles. The molecule has 100 valence electrons. The molecule has 4 heteroatoms. The van der Waals surface area contributed by atoms with Gasteiger partial charge in [-0.05, 0) is 31.9 Å². The molecule has 0 N–H and O–H groups in total. The Morgan fingerprint density at radius 1 is 1.32 bits per heavy atom. The van der Waals surface area contributed by atoms with E-state index in [4.69, 9.17) is 0 Å². The summed E-state index contributed by atoms with van der Waals surface area (Å²) in [7, 11) is 1.99. The monoisotopic (exact) mass is 259 g/mol. The second-order valence-electron chi connectivity index (χ2n) is 5.30. The van der Waals surface area contributed by atoms with Gasteiger partial charge in [0.1, 0.15) is 11.6 Å². The summed E-state index contributed by atoms with van der Waals surface area (Å²) < 4.78 is 16.2. The molecule has 0 aliphatic carbocycles. The van der Waals surface area contributed by atoms with Crippen LogP contribution in [-0.2, 0) is 6.42 Å². The highest BCUT2D eigenvalue weighted by atomic mass is 19.1. The van der Waals surface area contributed by atoms with Crippen LogP contribution in [0.4, 0.5) is 4.39 Å². The molecule has 1 aliphatic heterocycles. The minimum absolute atomic E-state index is 0.0710. The summed E-state index contributed by atoms with van der Waals surface area (Å²) in [4.78, 5) is 4.49. The van der Waals surface area contributed by atoms with Crippen LogP contribution >= 0.6 is 0 Å². The van der Waals surface area contributed by atoms with E-state index >= 15 is 0 Å². The molecule has 0 saturated heterocycles. The van der Waals surface area contributed by atoms with Gasteiger partial charge >= 0.3 is 0 Å². The quantitative estimate of drug-likeness (QED) is 0.785. The highest BCUT2D eigenvalue weighted by Crippen LogP contribution is 2.30. The van der Waals surface area contributed by atoms with Crippen LogP contribution in [0.15, 0.2) is 24.4 Å². The standard InChI is InChI=1S/C15H18FN3/c1-10-4-5-12(13(16)8-10)14-6-7-15-17-11(2)9-19(15)18(14)3/h4-5,8-9,14H,6-7H2,1-3H3. The lowest BCUT2D eigenvalue weighted by Gasteiger charge is -2.36. The topological polar surface area (TPSA) is 21.1 Å². The molecule has 0 amide bonds. The zero-order chi connectivity index (χ0) is 13.6. The molecule has 1 aliphatic rings. The maximum Gasteiger partial charge on any atom is 0.128 e. The van der Waals surface area contributed by atoms with Crippen LogP contribution in [0.3, 0.4) is 0 Å². The van der Waals surface area contributed by atoms with Crippen molar-refractivity contribution in [2.24, 2.45) is 0 Å². The Morgan fingerprint density at radius 2 is 2.11 bits per heavy atom. The van der Waals surface area contributed by atoms with Crippen molar-refractivity contribution in [1.82, 2.24) is 9.66 Å². The molecule has 1 aromatic heterocycles. The summed E-state index contributed by atoms with van der Waals surface area (Å²) in [5, 5.41) is 2.08. The average molecular weight is 259 g/mol. The van der Waals surface area contributed by atoms with Gasteiger partial charge in [-0.25, -0.2) is 14.1 Å². The Morgan fingerprint density at radius 3 is 2.84 bits per heavy atom. The van der Waals surface area contributed by atoms with Crippen LogP contribution in [0.25, 0.3) is 0 Å². The second-order valence-corrected chi connectivity index (χ2v) is 5.30. The molecule has 2 aromatic rings. The van der Waals surface area contributed by atoms with Crippen LogP contribution in [0.2, 0.25) is 0 Å². The molecule has 0 radical (unpaired) electrons. The molecule has 1 atom stereocenters. The first-order chi connectivity index (χ1) is 9.06. The Kier molecular flexibility index (Phi) is 2.81. The molecule has 3 nitrogen and oxygen atoms in total. The summed E-state index contributed by atoms with van der Waals surface area (Å²) in [5.41, 5.74) is 2.73. The maximum atomic E-state index is 14.1. The molecular weight excluding hydrogens is 241 g/mol. The normalized spacial score (nSPS) is 18.5. The molecule has 0 fully saturated rings. The lowest BCUT2D eigenvalue weighted by atomic mass is 9.98. The molecular formula is C15H18FN3. The van der Waals surface area contributed by atoms with Crippen LogP contribution in [-0.4, -0.2) is 16.7 Å². The first-order valence-corrected chi connectivity index (χ1v) is 6.60. The van der Waals surface area contributed by atoms with Gasteiger partial charge in [-0.2, -0.15) is 0 Å². The third-order valence-electron chi connectivity index (χ3n) is 3.83. The number of nitrogens with zero attached hydrogens (tertiary/aromatic N) is 3. The fraction of sp³-hybridized carbons (Fsp3) is 0.400. The molecule has 0 saturated carbocycles. The fourth-order valence-corrected chi connectivity index (χ4v) is 2.84. The second kappa shape index (κ2) is 4.37. The average Bonchev–Trinajstić information content (AvgIpc) is 2.73. The van der Waals surface area contributed by atoms with Gasteiger partial charge in [0.25, 0.3) is 0 Å². The van der Waals surface area contributed by atoms with Gasteiger partial charge in [-0.3, -0.25) is 0 Å². The van der Waals surface area contributed by atoms with Crippen LogP contribution in [0, 0.1) is 19.7 Å². The molecule has 3 rings (SSSR count). The summed E-state index contributed by atoms with van der Waals surface area (Å²) in [6, 6.07) is 5.56. The van der Waals surface area contributed by atoms with Crippen LogP contribution in [0.1, 0.15) is 35.1 Å². The van der Waals surface area contributed by atoms with E-state index in [0.717, 1.165) is 35.5 Å². The summed E-state index contributed by atoms with van der Waals surface area (Å²) >= 11 is 0. The van der Waals surface area contributed by atoms with Crippen molar-refractivity contribution in [1.29, 1.82) is 0 Å². The van der Waals surface area contributed by atoms with Crippen LogP contribution in [0.5, 0.6) is 0 Å². The first-order valence-electron chi connectivity index (χ1n) is 6.60. The zero-order valence-corrected chi connectivity index (χ0v) is 11.5. The number of aromatic nitrogens is 2. The zero-order valence-electron chi connectivity index (χ0n) is 11.5. The first kappa shape index (κ1) is 12.2. The van der Waals surface area contributed by atoms with E-state index in [9.17, 15) is 4.39 Å². The van der Waals surface area contributed by atoms with Gasteiger partial charge in [-0.15, -0.1) is 0 Å². The van der Waals surface area contributed by atoms with Crippen molar-refractivity contribution in [3.05, 3.63) is 52.9 Å². The third kappa shape index (κ3) is 2.01. The number of rotatable bonds is 1. The lowest BCUT2D eigenvalue weighted by molar-refractivity contribution is 0.421. The molecule has 19 heavy (non-hydrogen) atoms. The van der Waals surface area contributed by atoms with E-state index in [1.54, 1.807) is 6.07 Å². The predicted octanol–water partition coefficient (Wildman–Crippen LogP) is 2.89. The van der Waals surface area contributed by atoms with E-state index in [1.807, 2.05) is 43.9 Å². The van der Waals surface area contributed by atoms with E-state index in [0.29, 0.717) is 0 Å². The molecule has 1 unspecified atom stereocenters. The molecule has 1 aromatic carbocycles. The Bertz CT molecular complexity index is 618. The number of hydrogen-bond acceptors (Lipinski definition) is 2. The van der Waals surface area contributed by atoms with Crippen molar-refractivity contribution in [3.8, 4) is 0 Å². The fourth-order valence-electron chi connectivity index (χ4n) is 2.84. The van der Waals surface area contributed by atoms with E-state index in [2.05, 4.69) is 9.99 Å². The maximum absolute atomic E-state index is 14.1. The Labute approximate surface area is 112 Å². The van der Waals surface area contributed by atoms with Crippen LogP contribution < -0.4 is 5.01 Å². The number of fused-ring (bicyclic) bond motifs is 1. The van der Waals surface area contributed by atoms with E-state index in [1.165, 1.54) is 0 Å². The number of benzene rings is 1. The highest BCUT2D eigenvalue weighted by Gasteiger charge is 2.27. The SMILES string of the molecule is Cc1ccc(C2CCc3nc(C)cn3N2C)c(F)c1. The number of halogens is 1. The van der Waals surface area contributed by atoms with Gasteiger partial charge in [0, 0.05) is 25.2 Å². The van der Waals surface area contributed by atoms with Gasteiger partial charge in [0.05, 0.1) is 11.7 Å². The Hall–Kier alpha value is -1.84. The third-order valence-corrected chi connectivity index (χ3v) is 3.83. The summed E-state index contributed by atoms with van der Waals surface area (Å²) in [5.74, 6) is 0.945. The largest absolute Gasteiger partial charge is 0.307 e. The number of aryl methyl sites for hydroxylation is 3. The smallest absolute Gasteiger partial charge is 0.128 e. The van der Waals surface area contributed by atoms with Crippen molar-refractivity contribution < 1.29 is 4.39 Å². The van der Waals surface area contributed by atoms with Crippen molar-refractivity contribution in [3.63, 3.8) is 0 Å².